The number of nitrogens with zero attached hydrogens (tertiary/aromatic N) is 2. The molecule has 0 saturated carbocycles. The zero-order valence-electron chi connectivity index (χ0n) is 14.7. The molecule has 0 amide bonds. The van der Waals surface area contributed by atoms with Crippen LogP contribution in [0.2, 0.25) is 0 Å². The summed E-state index contributed by atoms with van der Waals surface area (Å²) in [6.07, 6.45) is 1.95. The fourth-order valence-electron chi connectivity index (χ4n) is 2.72. The zero-order valence-corrected chi connectivity index (χ0v) is 15.5. The van der Waals surface area contributed by atoms with Gasteiger partial charge in [0.15, 0.2) is 10.9 Å². The average Bonchev–Trinajstić information content (AvgIpc) is 2.95. The molecule has 4 nitrogen and oxygen atoms in total. The van der Waals surface area contributed by atoms with E-state index in [0.717, 1.165) is 18.1 Å². The van der Waals surface area contributed by atoms with Crippen LogP contribution < -0.4 is 10.6 Å². The Morgan fingerprint density at radius 2 is 1.60 bits per heavy atom. The molecule has 0 aliphatic carbocycles. The second kappa shape index (κ2) is 7.49. The van der Waals surface area contributed by atoms with Gasteiger partial charge in [0.1, 0.15) is 0 Å². The van der Waals surface area contributed by atoms with Gasteiger partial charge in [-0.15, -0.1) is 0 Å². The molecule has 0 unspecified atom stereocenters. The summed E-state index contributed by atoms with van der Waals surface area (Å²) in [7, 11) is 0. The molecule has 2 N–H and O–H groups in total. The summed E-state index contributed by atoms with van der Waals surface area (Å²) in [5.74, 6) is 0.731. The van der Waals surface area contributed by atoms with E-state index in [9.17, 15) is 0 Å². The molecule has 1 aromatic heterocycles. The Balaban J connectivity index is 1.60. The molecule has 0 fully saturated rings. The quantitative estimate of drug-likeness (QED) is 0.671. The van der Waals surface area contributed by atoms with E-state index in [1.165, 1.54) is 22.3 Å². The van der Waals surface area contributed by atoms with Crippen LogP contribution in [0.5, 0.6) is 0 Å². The molecular weight excluding hydrogens is 328 g/mol. The monoisotopic (exact) mass is 350 g/mol. The van der Waals surface area contributed by atoms with E-state index in [4.69, 9.17) is 12.2 Å². The lowest BCUT2D eigenvalue weighted by atomic mass is 10.1. The summed E-state index contributed by atoms with van der Waals surface area (Å²) >= 11 is 5.39. The van der Waals surface area contributed by atoms with Gasteiger partial charge in [-0.2, -0.15) is 5.10 Å². The first-order chi connectivity index (χ1) is 12.0. The first-order valence-corrected chi connectivity index (χ1v) is 8.64. The number of hydrogen-bond acceptors (Lipinski definition) is 2. The first-order valence-electron chi connectivity index (χ1n) is 8.23. The van der Waals surface area contributed by atoms with E-state index in [0.29, 0.717) is 5.11 Å². The third-order valence-corrected chi connectivity index (χ3v) is 4.03. The van der Waals surface area contributed by atoms with Crippen molar-refractivity contribution in [2.45, 2.75) is 27.3 Å². The van der Waals surface area contributed by atoms with E-state index < -0.39 is 0 Å². The van der Waals surface area contributed by atoms with Crippen molar-refractivity contribution in [2.24, 2.45) is 0 Å². The lowest BCUT2D eigenvalue weighted by molar-refractivity contribution is 0.690. The predicted molar refractivity (Wildman–Crippen MR) is 108 cm³/mol. The highest BCUT2D eigenvalue weighted by Gasteiger charge is 2.04. The molecule has 2 aromatic carbocycles. The summed E-state index contributed by atoms with van der Waals surface area (Å²) in [6, 6.07) is 16.7. The van der Waals surface area contributed by atoms with E-state index in [-0.39, 0.29) is 0 Å². The molecule has 0 bridgehead atoms. The smallest absolute Gasteiger partial charge is 0.176 e. The molecular formula is C20H22N4S. The van der Waals surface area contributed by atoms with Gasteiger partial charge in [-0.25, -0.2) is 0 Å². The second-order valence-electron chi connectivity index (χ2n) is 6.34. The standard InChI is InChI=1S/C20H22N4S/c1-14-4-6-17(7-5-14)13-24-9-8-19(23-24)22-20(25)21-18-11-15(2)10-16(3)12-18/h4-12H,13H2,1-3H3,(H2,21,22,23,25). The molecule has 5 heteroatoms. The van der Waals surface area contributed by atoms with Crippen molar-refractivity contribution >= 4 is 28.8 Å². The molecule has 0 spiro atoms. The summed E-state index contributed by atoms with van der Waals surface area (Å²) in [6.45, 7) is 6.96. The normalized spacial score (nSPS) is 10.5. The van der Waals surface area contributed by atoms with Crippen LogP contribution in [0.4, 0.5) is 11.5 Å². The number of nitrogens with one attached hydrogen (secondary N) is 2. The Morgan fingerprint density at radius 3 is 2.28 bits per heavy atom. The van der Waals surface area contributed by atoms with Crippen molar-refractivity contribution in [3.63, 3.8) is 0 Å². The minimum Gasteiger partial charge on any atom is -0.332 e. The predicted octanol–water partition coefficient (Wildman–Crippen LogP) is 4.67. The van der Waals surface area contributed by atoms with Gasteiger partial charge in [0, 0.05) is 18.0 Å². The lowest BCUT2D eigenvalue weighted by Crippen LogP contribution is -2.19. The molecule has 0 saturated heterocycles. The van der Waals surface area contributed by atoms with Crippen LogP contribution in [0.1, 0.15) is 22.3 Å². The average molecular weight is 350 g/mol. The maximum atomic E-state index is 5.39. The molecule has 3 rings (SSSR count). The highest BCUT2D eigenvalue weighted by Crippen LogP contribution is 2.14. The molecule has 0 radical (unpaired) electrons. The van der Waals surface area contributed by atoms with E-state index in [1.807, 2.05) is 16.9 Å². The van der Waals surface area contributed by atoms with E-state index in [2.05, 4.69) is 79.0 Å². The number of thiocarbonyl (C=S) groups is 1. The van der Waals surface area contributed by atoms with Crippen molar-refractivity contribution in [1.82, 2.24) is 9.78 Å². The van der Waals surface area contributed by atoms with Crippen LogP contribution >= 0.6 is 12.2 Å². The Bertz CT molecular complexity index is 861. The Labute approximate surface area is 153 Å². The summed E-state index contributed by atoms with van der Waals surface area (Å²) in [4.78, 5) is 0. The molecule has 25 heavy (non-hydrogen) atoms. The van der Waals surface area contributed by atoms with E-state index >= 15 is 0 Å². The molecule has 128 valence electrons. The van der Waals surface area contributed by atoms with Gasteiger partial charge < -0.3 is 10.6 Å². The van der Waals surface area contributed by atoms with Crippen LogP contribution in [-0.4, -0.2) is 14.9 Å². The Hall–Kier alpha value is -2.66. The fraction of sp³-hybridized carbons (Fsp3) is 0.200. The van der Waals surface area contributed by atoms with Gasteiger partial charge in [-0.05, 0) is 61.8 Å². The zero-order chi connectivity index (χ0) is 17.8. The molecule has 0 aliphatic rings. The summed E-state index contributed by atoms with van der Waals surface area (Å²) in [5.41, 5.74) is 5.86. The van der Waals surface area contributed by atoms with Gasteiger partial charge in [0.2, 0.25) is 0 Å². The number of aromatic nitrogens is 2. The first kappa shape index (κ1) is 17.2. The Kier molecular flexibility index (Phi) is 5.14. The third-order valence-electron chi connectivity index (χ3n) is 3.83. The third kappa shape index (κ3) is 4.90. The number of benzene rings is 2. The Morgan fingerprint density at radius 1 is 0.920 bits per heavy atom. The number of anilines is 2. The summed E-state index contributed by atoms with van der Waals surface area (Å²) in [5, 5.41) is 11.4. The van der Waals surface area contributed by atoms with Crippen LogP contribution in [-0.2, 0) is 6.54 Å². The van der Waals surface area contributed by atoms with Gasteiger partial charge in [0.25, 0.3) is 0 Å². The van der Waals surface area contributed by atoms with Crippen molar-refractivity contribution in [3.05, 3.63) is 77.0 Å². The van der Waals surface area contributed by atoms with Gasteiger partial charge in [-0.3, -0.25) is 4.68 Å². The topological polar surface area (TPSA) is 41.9 Å². The summed E-state index contributed by atoms with van der Waals surface area (Å²) < 4.78 is 1.90. The molecule has 1 heterocycles. The minimum atomic E-state index is 0.533. The largest absolute Gasteiger partial charge is 0.332 e. The molecule has 0 aliphatic heterocycles. The van der Waals surface area contributed by atoms with Crippen LogP contribution in [0.3, 0.4) is 0 Å². The second-order valence-corrected chi connectivity index (χ2v) is 6.75. The molecule has 0 atom stereocenters. The van der Waals surface area contributed by atoms with Crippen molar-refractivity contribution in [1.29, 1.82) is 0 Å². The van der Waals surface area contributed by atoms with Crippen LogP contribution in [0.25, 0.3) is 0 Å². The minimum absolute atomic E-state index is 0.533. The number of hydrogen-bond donors (Lipinski definition) is 2. The highest BCUT2D eigenvalue weighted by atomic mass is 32.1. The fourth-order valence-corrected chi connectivity index (χ4v) is 2.94. The SMILES string of the molecule is Cc1ccc(Cn2ccc(NC(=S)Nc3cc(C)cc(C)c3)n2)cc1. The lowest BCUT2D eigenvalue weighted by Gasteiger charge is -2.10. The number of rotatable bonds is 4. The van der Waals surface area contributed by atoms with Crippen molar-refractivity contribution in [3.8, 4) is 0 Å². The maximum Gasteiger partial charge on any atom is 0.176 e. The highest BCUT2D eigenvalue weighted by molar-refractivity contribution is 7.80. The number of aryl methyl sites for hydroxylation is 3. The van der Waals surface area contributed by atoms with E-state index in [1.54, 1.807) is 0 Å². The van der Waals surface area contributed by atoms with Gasteiger partial charge >= 0.3 is 0 Å². The maximum absolute atomic E-state index is 5.39. The van der Waals surface area contributed by atoms with Crippen molar-refractivity contribution in [2.75, 3.05) is 10.6 Å². The molecule has 3 aromatic rings. The van der Waals surface area contributed by atoms with Crippen LogP contribution in [0, 0.1) is 20.8 Å². The van der Waals surface area contributed by atoms with Crippen molar-refractivity contribution < 1.29 is 0 Å². The van der Waals surface area contributed by atoms with Gasteiger partial charge in [0.05, 0.1) is 6.54 Å². The van der Waals surface area contributed by atoms with Crippen LogP contribution in [0.15, 0.2) is 54.7 Å². The van der Waals surface area contributed by atoms with Gasteiger partial charge in [-0.1, -0.05) is 35.9 Å².